The fourth-order valence-corrected chi connectivity index (χ4v) is 4.19. The Morgan fingerprint density at radius 2 is 2.22 bits per heavy atom. The van der Waals surface area contributed by atoms with Crippen LogP contribution in [0.25, 0.3) is 0 Å². The van der Waals surface area contributed by atoms with E-state index in [9.17, 15) is 0 Å². The fourth-order valence-electron chi connectivity index (χ4n) is 4.19. The molecule has 4 rings (SSSR count). The van der Waals surface area contributed by atoms with Crippen molar-refractivity contribution in [1.82, 2.24) is 4.90 Å². The minimum absolute atomic E-state index is 0.606. The number of hydrogen-bond donors (Lipinski definition) is 1. The van der Waals surface area contributed by atoms with Crippen LogP contribution in [-0.4, -0.2) is 31.1 Å². The van der Waals surface area contributed by atoms with Crippen LogP contribution >= 0.6 is 0 Å². The van der Waals surface area contributed by atoms with Gasteiger partial charge in [-0.3, -0.25) is 4.90 Å². The van der Waals surface area contributed by atoms with Crippen molar-refractivity contribution in [3.63, 3.8) is 0 Å². The summed E-state index contributed by atoms with van der Waals surface area (Å²) in [4.78, 5) is 2.55. The summed E-state index contributed by atoms with van der Waals surface area (Å²) in [6.45, 7) is 4.53. The zero-order chi connectivity index (χ0) is 12.3. The van der Waals surface area contributed by atoms with Crippen LogP contribution in [0.1, 0.15) is 36.3 Å². The summed E-state index contributed by atoms with van der Waals surface area (Å²) in [5, 5.41) is 3.58. The highest BCUT2D eigenvalue weighted by Gasteiger charge is 2.40. The highest BCUT2D eigenvalue weighted by Crippen LogP contribution is 2.48. The largest absolute Gasteiger partial charge is 0.384 e. The molecule has 1 unspecified atom stereocenters. The van der Waals surface area contributed by atoms with E-state index in [4.69, 9.17) is 0 Å². The Balaban J connectivity index is 1.90. The molecule has 3 atom stereocenters. The van der Waals surface area contributed by atoms with E-state index in [-0.39, 0.29) is 0 Å². The SMILES string of the molecule is CC1=C[C@@H]2c3cccc4c3C(CN4)C[C@H]2N(C)C1. The molecule has 0 bridgehead atoms. The fraction of sp³-hybridized carbons (Fsp3) is 0.500. The Morgan fingerprint density at radius 3 is 3.11 bits per heavy atom. The lowest BCUT2D eigenvalue weighted by molar-refractivity contribution is 0.198. The molecular weight excluding hydrogens is 220 g/mol. The summed E-state index contributed by atoms with van der Waals surface area (Å²) in [5.41, 5.74) is 6.08. The Bertz CT molecular complexity index is 532. The highest BCUT2D eigenvalue weighted by molar-refractivity contribution is 5.63. The average molecular weight is 240 g/mol. The first kappa shape index (κ1) is 10.6. The summed E-state index contributed by atoms with van der Waals surface area (Å²) in [6, 6.07) is 7.49. The zero-order valence-electron chi connectivity index (χ0n) is 11.1. The number of anilines is 1. The molecule has 0 spiro atoms. The van der Waals surface area contributed by atoms with E-state index in [0.717, 1.165) is 19.0 Å². The predicted octanol–water partition coefficient (Wildman–Crippen LogP) is 2.94. The Kier molecular flexibility index (Phi) is 2.13. The van der Waals surface area contributed by atoms with Gasteiger partial charge >= 0.3 is 0 Å². The molecule has 1 aliphatic carbocycles. The topological polar surface area (TPSA) is 15.3 Å². The molecule has 0 fully saturated rings. The molecule has 3 aliphatic rings. The van der Waals surface area contributed by atoms with Crippen molar-refractivity contribution in [2.24, 2.45) is 0 Å². The minimum atomic E-state index is 0.606. The van der Waals surface area contributed by atoms with Gasteiger partial charge < -0.3 is 5.32 Å². The Hall–Kier alpha value is -1.28. The Labute approximate surface area is 109 Å². The highest BCUT2D eigenvalue weighted by atomic mass is 15.1. The van der Waals surface area contributed by atoms with E-state index in [1.54, 1.807) is 11.1 Å². The van der Waals surface area contributed by atoms with Crippen molar-refractivity contribution in [3.05, 3.63) is 41.0 Å². The van der Waals surface area contributed by atoms with E-state index in [2.05, 4.69) is 48.5 Å². The summed E-state index contributed by atoms with van der Waals surface area (Å²) < 4.78 is 0. The van der Waals surface area contributed by atoms with Gasteiger partial charge in [0.05, 0.1) is 0 Å². The summed E-state index contributed by atoms with van der Waals surface area (Å²) in [7, 11) is 2.28. The molecule has 2 heteroatoms. The van der Waals surface area contributed by atoms with Crippen LogP contribution in [0.3, 0.4) is 0 Å². The van der Waals surface area contributed by atoms with Gasteiger partial charge in [-0.15, -0.1) is 0 Å². The number of rotatable bonds is 0. The lowest BCUT2D eigenvalue weighted by Gasteiger charge is -2.43. The lowest BCUT2D eigenvalue weighted by atomic mass is 9.72. The van der Waals surface area contributed by atoms with E-state index >= 15 is 0 Å². The monoisotopic (exact) mass is 240 g/mol. The number of hydrogen-bond acceptors (Lipinski definition) is 2. The smallest absolute Gasteiger partial charge is 0.0379 e. The Morgan fingerprint density at radius 1 is 1.33 bits per heavy atom. The average Bonchev–Trinajstić information content (AvgIpc) is 2.76. The molecule has 2 aliphatic heterocycles. The number of benzene rings is 1. The molecule has 94 valence electrons. The summed E-state index contributed by atoms with van der Waals surface area (Å²) >= 11 is 0. The maximum Gasteiger partial charge on any atom is 0.0379 e. The summed E-state index contributed by atoms with van der Waals surface area (Å²) in [6.07, 6.45) is 3.82. The van der Waals surface area contributed by atoms with Crippen molar-refractivity contribution in [2.75, 3.05) is 25.5 Å². The molecule has 1 aromatic carbocycles. The molecule has 2 heterocycles. The molecule has 0 saturated carbocycles. The molecule has 1 N–H and O–H groups in total. The van der Waals surface area contributed by atoms with Crippen LogP contribution in [0.15, 0.2) is 29.8 Å². The molecular formula is C16H20N2. The molecule has 1 aromatic rings. The summed E-state index contributed by atoms with van der Waals surface area (Å²) in [5.74, 6) is 1.33. The number of nitrogens with one attached hydrogen (secondary N) is 1. The second kappa shape index (κ2) is 3.61. The van der Waals surface area contributed by atoms with Crippen LogP contribution in [0.4, 0.5) is 5.69 Å². The van der Waals surface area contributed by atoms with Crippen LogP contribution in [0, 0.1) is 0 Å². The minimum Gasteiger partial charge on any atom is -0.384 e. The lowest BCUT2D eigenvalue weighted by Crippen LogP contribution is -2.44. The van der Waals surface area contributed by atoms with Crippen molar-refractivity contribution < 1.29 is 0 Å². The molecule has 18 heavy (non-hydrogen) atoms. The van der Waals surface area contributed by atoms with Crippen LogP contribution in [0.2, 0.25) is 0 Å². The molecule has 0 aromatic heterocycles. The van der Waals surface area contributed by atoms with Gasteiger partial charge in [0.15, 0.2) is 0 Å². The van der Waals surface area contributed by atoms with E-state index < -0.39 is 0 Å². The van der Waals surface area contributed by atoms with Gasteiger partial charge in [-0.1, -0.05) is 23.8 Å². The molecule has 2 nitrogen and oxygen atoms in total. The van der Waals surface area contributed by atoms with Gasteiger partial charge in [0, 0.05) is 36.7 Å². The third kappa shape index (κ3) is 1.33. The number of fused-ring (bicyclic) bond motifs is 2. The van der Waals surface area contributed by atoms with Crippen molar-refractivity contribution in [3.8, 4) is 0 Å². The van der Waals surface area contributed by atoms with E-state index in [1.807, 2.05) is 0 Å². The molecule has 0 saturated heterocycles. The van der Waals surface area contributed by atoms with Gasteiger partial charge in [0.1, 0.15) is 0 Å². The van der Waals surface area contributed by atoms with Crippen LogP contribution in [-0.2, 0) is 0 Å². The van der Waals surface area contributed by atoms with Crippen LogP contribution < -0.4 is 5.32 Å². The maximum atomic E-state index is 3.58. The molecule has 0 amide bonds. The third-order valence-electron chi connectivity index (χ3n) is 4.92. The zero-order valence-corrected chi connectivity index (χ0v) is 11.1. The van der Waals surface area contributed by atoms with Gasteiger partial charge in [0.25, 0.3) is 0 Å². The van der Waals surface area contributed by atoms with Crippen molar-refractivity contribution in [1.29, 1.82) is 0 Å². The maximum absolute atomic E-state index is 3.58. The van der Waals surface area contributed by atoms with Gasteiger partial charge in [-0.25, -0.2) is 0 Å². The number of likely N-dealkylation sites (N-methyl/N-ethyl adjacent to an activating group) is 1. The van der Waals surface area contributed by atoms with Gasteiger partial charge in [0.2, 0.25) is 0 Å². The van der Waals surface area contributed by atoms with Crippen LogP contribution in [0.5, 0.6) is 0 Å². The predicted molar refractivity (Wildman–Crippen MR) is 75.2 cm³/mol. The van der Waals surface area contributed by atoms with Crippen molar-refractivity contribution in [2.45, 2.75) is 31.2 Å². The van der Waals surface area contributed by atoms with E-state index in [1.165, 1.54) is 17.7 Å². The second-order valence-electron chi connectivity index (χ2n) is 6.14. The first-order valence-corrected chi connectivity index (χ1v) is 6.98. The van der Waals surface area contributed by atoms with Crippen molar-refractivity contribution >= 4 is 5.69 Å². The third-order valence-corrected chi connectivity index (χ3v) is 4.92. The van der Waals surface area contributed by atoms with Gasteiger partial charge in [-0.05, 0) is 37.6 Å². The normalized spacial score (nSPS) is 33.4. The first-order chi connectivity index (χ1) is 8.74. The van der Waals surface area contributed by atoms with E-state index in [0.29, 0.717) is 12.0 Å². The first-order valence-electron chi connectivity index (χ1n) is 6.98. The quantitative estimate of drug-likeness (QED) is 0.701. The molecule has 0 radical (unpaired) electrons. The second-order valence-corrected chi connectivity index (χ2v) is 6.14. The van der Waals surface area contributed by atoms with Gasteiger partial charge in [-0.2, -0.15) is 0 Å². The number of nitrogens with zero attached hydrogens (tertiary/aromatic N) is 1. The standard InChI is InChI=1S/C16H20N2/c1-10-6-13-12-4-3-5-14-16(12)11(8-17-14)7-15(13)18(2)9-10/h3-6,11,13,15,17H,7-9H2,1-2H3/t11?,13-,15-/m1/s1.